The average Bonchev–Trinajstić information content (AvgIpc) is 3.13. The summed E-state index contributed by atoms with van der Waals surface area (Å²) in [6.07, 6.45) is 5.43. The molecule has 0 fully saturated rings. The molecule has 1 atom stereocenters. The van der Waals surface area contributed by atoms with Gasteiger partial charge >= 0.3 is 5.69 Å². The van der Waals surface area contributed by atoms with Crippen molar-refractivity contribution in [2.45, 2.75) is 18.9 Å². The maximum absolute atomic E-state index is 11.1. The van der Waals surface area contributed by atoms with Crippen LogP contribution in [0.5, 0.6) is 0 Å². The Kier molecular flexibility index (Phi) is 3.53. The normalized spacial score (nSPS) is 16.3. The van der Waals surface area contributed by atoms with Crippen LogP contribution in [-0.2, 0) is 12.8 Å². The molecule has 0 radical (unpaired) electrons. The van der Waals surface area contributed by atoms with Crippen molar-refractivity contribution in [2.75, 3.05) is 5.32 Å². The molecular weight excluding hydrogens is 356 g/mol. The SMILES string of the molecule is O=c1[nH]cc(-c2ccc(NC3Cc4ccc(Br)cc4C3)nc2)[nH]1. The van der Waals surface area contributed by atoms with Gasteiger partial charge in [0.1, 0.15) is 5.82 Å². The van der Waals surface area contributed by atoms with E-state index in [1.165, 1.54) is 11.1 Å². The third kappa shape index (κ3) is 2.94. The Morgan fingerprint density at radius 3 is 2.78 bits per heavy atom. The first-order chi connectivity index (χ1) is 11.2. The van der Waals surface area contributed by atoms with Gasteiger partial charge in [-0.25, -0.2) is 9.78 Å². The zero-order valence-corrected chi connectivity index (χ0v) is 13.9. The zero-order valence-electron chi connectivity index (χ0n) is 12.3. The highest BCUT2D eigenvalue weighted by Crippen LogP contribution is 2.27. The van der Waals surface area contributed by atoms with E-state index in [2.05, 4.69) is 54.4 Å². The fourth-order valence-electron chi connectivity index (χ4n) is 3.02. The van der Waals surface area contributed by atoms with Gasteiger partial charge in [0.25, 0.3) is 0 Å². The number of fused-ring (bicyclic) bond motifs is 1. The molecule has 0 bridgehead atoms. The number of imidazole rings is 1. The second-order valence-electron chi connectivity index (χ2n) is 5.75. The molecule has 5 nitrogen and oxygen atoms in total. The van der Waals surface area contributed by atoms with Crippen molar-refractivity contribution in [3.05, 3.63) is 68.8 Å². The number of hydrogen-bond donors (Lipinski definition) is 3. The van der Waals surface area contributed by atoms with Crippen molar-refractivity contribution >= 4 is 21.7 Å². The van der Waals surface area contributed by atoms with Gasteiger partial charge in [0, 0.05) is 28.5 Å². The quantitative estimate of drug-likeness (QED) is 0.663. The molecule has 0 spiro atoms. The summed E-state index contributed by atoms with van der Waals surface area (Å²) in [6, 6.07) is 10.7. The van der Waals surface area contributed by atoms with Crippen molar-refractivity contribution in [1.82, 2.24) is 15.0 Å². The fourth-order valence-corrected chi connectivity index (χ4v) is 3.43. The number of nitrogens with zero attached hydrogens (tertiary/aromatic N) is 1. The van der Waals surface area contributed by atoms with Crippen molar-refractivity contribution in [2.24, 2.45) is 0 Å². The van der Waals surface area contributed by atoms with Crippen LogP contribution < -0.4 is 11.0 Å². The summed E-state index contributed by atoms with van der Waals surface area (Å²) >= 11 is 3.52. The van der Waals surface area contributed by atoms with Gasteiger partial charge < -0.3 is 15.3 Å². The Morgan fingerprint density at radius 1 is 1.17 bits per heavy atom. The van der Waals surface area contributed by atoms with Gasteiger partial charge in [-0.15, -0.1) is 0 Å². The lowest BCUT2D eigenvalue weighted by Crippen LogP contribution is -2.20. The number of anilines is 1. The van der Waals surface area contributed by atoms with Crippen LogP contribution in [0, 0.1) is 0 Å². The van der Waals surface area contributed by atoms with Gasteiger partial charge in [0.05, 0.1) is 5.69 Å². The van der Waals surface area contributed by atoms with E-state index in [0.717, 1.165) is 34.4 Å². The number of pyridine rings is 1. The molecule has 1 unspecified atom stereocenters. The van der Waals surface area contributed by atoms with Gasteiger partial charge in [0.15, 0.2) is 0 Å². The third-order valence-corrected chi connectivity index (χ3v) is 4.62. The van der Waals surface area contributed by atoms with E-state index in [9.17, 15) is 4.79 Å². The van der Waals surface area contributed by atoms with Crippen LogP contribution in [0.1, 0.15) is 11.1 Å². The van der Waals surface area contributed by atoms with E-state index < -0.39 is 0 Å². The largest absolute Gasteiger partial charge is 0.367 e. The van der Waals surface area contributed by atoms with Gasteiger partial charge in [0.2, 0.25) is 0 Å². The van der Waals surface area contributed by atoms with E-state index in [0.29, 0.717) is 6.04 Å². The first-order valence-electron chi connectivity index (χ1n) is 7.45. The average molecular weight is 371 g/mol. The van der Waals surface area contributed by atoms with Crippen LogP contribution in [0.3, 0.4) is 0 Å². The molecule has 116 valence electrons. The van der Waals surface area contributed by atoms with E-state index >= 15 is 0 Å². The number of aromatic amines is 2. The van der Waals surface area contributed by atoms with Crippen LogP contribution >= 0.6 is 15.9 Å². The lowest BCUT2D eigenvalue weighted by atomic mass is 10.1. The maximum atomic E-state index is 11.1. The Hall–Kier alpha value is -2.34. The monoisotopic (exact) mass is 370 g/mol. The molecule has 4 rings (SSSR count). The third-order valence-electron chi connectivity index (χ3n) is 4.12. The first kappa shape index (κ1) is 14.3. The summed E-state index contributed by atoms with van der Waals surface area (Å²) < 4.78 is 1.12. The Morgan fingerprint density at radius 2 is 2.04 bits per heavy atom. The molecule has 0 amide bonds. The molecule has 23 heavy (non-hydrogen) atoms. The molecule has 3 aromatic rings. The van der Waals surface area contributed by atoms with Crippen LogP contribution in [0.4, 0.5) is 5.82 Å². The molecule has 0 saturated heterocycles. The smallest absolute Gasteiger partial charge is 0.323 e. The number of halogens is 1. The summed E-state index contributed by atoms with van der Waals surface area (Å²) in [5, 5.41) is 3.48. The second kappa shape index (κ2) is 5.70. The minimum Gasteiger partial charge on any atom is -0.367 e. The number of benzene rings is 1. The van der Waals surface area contributed by atoms with E-state index in [-0.39, 0.29) is 5.69 Å². The van der Waals surface area contributed by atoms with Crippen LogP contribution in [0.15, 0.2) is 52.0 Å². The van der Waals surface area contributed by atoms with Crippen molar-refractivity contribution in [3.63, 3.8) is 0 Å². The molecule has 6 heteroatoms. The molecule has 1 aliphatic carbocycles. The zero-order chi connectivity index (χ0) is 15.8. The van der Waals surface area contributed by atoms with Gasteiger partial charge in [-0.3, -0.25) is 0 Å². The van der Waals surface area contributed by atoms with Crippen molar-refractivity contribution in [3.8, 4) is 11.3 Å². The Labute approximate surface area is 141 Å². The molecule has 0 saturated carbocycles. The number of nitrogens with one attached hydrogen (secondary N) is 3. The van der Waals surface area contributed by atoms with Crippen LogP contribution in [-0.4, -0.2) is 21.0 Å². The van der Waals surface area contributed by atoms with Crippen molar-refractivity contribution < 1.29 is 0 Å². The van der Waals surface area contributed by atoms with Gasteiger partial charge in [-0.2, -0.15) is 0 Å². The summed E-state index contributed by atoms with van der Waals surface area (Å²) in [4.78, 5) is 20.9. The fraction of sp³-hybridized carbons (Fsp3) is 0.176. The molecule has 2 aromatic heterocycles. The Bertz CT molecular complexity index is 897. The Balaban J connectivity index is 1.47. The summed E-state index contributed by atoms with van der Waals surface area (Å²) in [6.45, 7) is 0. The molecule has 3 N–H and O–H groups in total. The number of hydrogen-bond acceptors (Lipinski definition) is 3. The van der Waals surface area contributed by atoms with E-state index in [1.807, 2.05) is 12.1 Å². The minimum absolute atomic E-state index is 0.211. The maximum Gasteiger partial charge on any atom is 0.323 e. The molecule has 0 aliphatic heterocycles. The first-order valence-corrected chi connectivity index (χ1v) is 8.24. The highest BCUT2D eigenvalue weighted by atomic mass is 79.9. The van der Waals surface area contributed by atoms with E-state index in [1.54, 1.807) is 12.4 Å². The standard InChI is InChI=1S/C17H15BrN4O/c18-13-3-1-10-6-14(7-12(10)5-13)21-16-4-2-11(8-19-16)15-9-20-17(23)22-15/h1-5,8-9,14H,6-7H2,(H,19,21)(H2,20,22,23). The van der Waals surface area contributed by atoms with Gasteiger partial charge in [-0.1, -0.05) is 22.0 Å². The van der Waals surface area contributed by atoms with Crippen LogP contribution in [0.25, 0.3) is 11.3 Å². The predicted octanol–water partition coefficient (Wildman–Crippen LogP) is 3.11. The number of rotatable bonds is 3. The highest BCUT2D eigenvalue weighted by molar-refractivity contribution is 9.10. The molecule has 1 aromatic carbocycles. The number of H-pyrrole nitrogens is 2. The van der Waals surface area contributed by atoms with Crippen LogP contribution in [0.2, 0.25) is 0 Å². The predicted molar refractivity (Wildman–Crippen MR) is 93.6 cm³/mol. The second-order valence-corrected chi connectivity index (χ2v) is 6.67. The van der Waals surface area contributed by atoms with Crippen molar-refractivity contribution in [1.29, 1.82) is 0 Å². The minimum atomic E-state index is -0.211. The highest BCUT2D eigenvalue weighted by Gasteiger charge is 2.21. The topological polar surface area (TPSA) is 73.6 Å². The molecule has 2 heterocycles. The number of aromatic nitrogens is 3. The summed E-state index contributed by atoms with van der Waals surface area (Å²) in [5.41, 5.74) is 4.20. The lowest BCUT2D eigenvalue weighted by Gasteiger charge is -2.12. The molecule has 1 aliphatic rings. The van der Waals surface area contributed by atoms with E-state index in [4.69, 9.17) is 0 Å². The summed E-state index contributed by atoms with van der Waals surface area (Å²) in [5.74, 6) is 0.850. The lowest BCUT2D eigenvalue weighted by molar-refractivity contribution is 0.769. The molecular formula is C17H15BrN4O. The summed E-state index contributed by atoms with van der Waals surface area (Å²) in [7, 11) is 0. The van der Waals surface area contributed by atoms with Gasteiger partial charge in [-0.05, 0) is 48.2 Å².